The van der Waals surface area contributed by atoms with Crippen LogP contribution in [0.4, 0.5) is 11.4 Å². The number of hydrogen-bond acceptors (Lipinski definition) is 4. The summed E-state index contributed by atoms with van der Waals surface area (Å²) in [5.41, 5.74) is 4.91. The van der Waals surface area contributed by atoms with Gasteiger partial charge in [0, 0.05) is 11.4 Å². The van der Waals surface area contributed by atoms with Crippen LogP contribution in [-0.2, 0) is 0 Å². The number of para-hydroxylation sites is 2. The first kappa shape index (κ1) is 21.0. The van der Waals surface area contributed by atoms with Gasteiger partial charge in [-0.25, -0.2) is 0 Å². The molecule has 0 radical (unpaired) electrons. The van der Waals surface area contributed by atoms with E-state index in [2.05, 4.69) is 119 Å². The van der Waals surface area contributed by atoms with E-state index in [0.29, 0.717) is 0 Å². The second-order valence-corrected chi connectivity index (χ2v) is 8.19. The van der Waals surface area contributed by atoms with Gasteiger partial charge in [-0.15, -0.1) is 0 Å². The lowest BCUT2D eigenvalue weighted by atomic mass is 9.92. The molecule has 166 valence electrons. The second-order valence-electron chi connectivity index (χ2n) is 8.19. The van der Waals surface area contributed by atoms with Gasteiger partial charge in [0.2, 0.25) is 0 Å². The molecule has 1 aliphatic rings. The topological polar surface area (TPSA) is 24.9 Å². The van der Waals surface area contributed by atoms with Gasteiger partial charge in [0.25, 0.3) is 0 Å². The van der Waals surface area contributed by atoms with Crippen LogP contribution >= 0.6 is 0 Å². The van der Waals surface area contributed by atoms with Crippen LogP contribution < -0.4 is 19.3 Å². The number of methoxy groups -OCH3 is 2. The summed E-state index contributed by atoms with van der Waals surface area (Å²) in [5, 5.41) is 0. The van der Waals surface area contributed by atoms with Crippen molar-refractivity contribution in [3.63, 3.8) is 0 Å². The molecule has 5 rings (SSSR count). The van der Waals surface area contributed by atoms with Gasteiger partial charge in [0.05, 0.1) is 33.0 Å². The maximum Gasteiger partial charge on any atom is 0.118 e. The number of benzene rings is 4. The van der Waals surface area contributed by atoms with E-state index in [9.17, 15) is 0 Å². The molecule has 1 aliphatic heterocycles. The summed E-state index contributed by atoms with van der Waals surface area (Å²) < 4.78 is 10.9. The predicted molar refractivity (Wildman–Crippen MR) is 134 cm³/mol. The van der Waals surface area contributed by atoms with Crippen LogP contribution in [0, 0.1) is 0 Å². The number of ether oxygens (including phenoxy) is 2. The van der Waals surface area contributed by atoms with Gasteiger partial charge < -0.3 is 19.3 Å². The van der Waals surface area contributed by atoms with Crippen LogP contribution in [-0.4, -0.2) is 20.9 Å². The van der Waals surface area contributed by atoms with Gasteiger partial charge in [-0.1, -0.05) is 60.7 Å². The molecule has 0 aromatic heterocycles. The van der Waals surface area contributed by atoms with Crippen molar-refractivity contribution >= 4 is 11.4 Å². The highest BCUT2D eigenvalue weighted by Crippen LogP contribution is 2.48. The molecule has 4 heteroatoms. The molecule has 0 amide bonds. The van der Waals surface area contributed by atoms with Gasteiger partial charge in [-0.3, -0.25) is 0 Å². The van der Waals surface area contributed by atoms with Crippen molar-refractivity contribution in [2.45, 2.75) is 12.1 Å². The van der Waals surface area contributed by atoms with E-state index in [1.54, 1.807) is 14.2 Å². The van der Waals surface area contributed by atoms with Crippen LogP contribution in [0.15, 0.2) is 109 Å². The van der Waals surface area contributed by atoms with Crippen molar-refractivity contribution in [3.05, 3.63) is 120 Å². The largest absolute Gasteiger partial charge is 0.497 e. The van der Waals surface area contributed by atoms with Crippen molar-refractivity contribution in [1.29, 1.82) is 0 Å². The minimum absolute atomic E-state index is 0.118. The molecule has 0 spiro atoms. The van der Waals surface area contributed by atoms with Crippen molar-refractivity contribution in [2.75, 3.05) is 30.7 Å². The van der Waals surface area contributed by atoms with Gasteiger partial charge in [0.1, 0.15) is 11.5 Å². The van der Waals surface area contributed by atoms with E-state index < -0.39 is 0 Å². The molecule has 2 atom stereocenters. The van der Waals surface area contributed by atoms with E-state index in [4.69, 9.17) is 9.47 Å². The summed E-state index contributed by atoms with van der Waals surface area (Å²) in [6.45, 7) is 0.779. The Hall–Kier alpha value is -3.92. The fourth-order valence-electron chi connectivity index (χ4n) is 4.73. The summed E-state index contributed by atoms with van der Waals surface area (Å²) in [6.07, 6.45) is 0. The smallest absolute Gasteiger partial charge is 0.118 e. The van der Waals surface area contributed by atoms with Gasteiger partial charge >= 0.3 is 0 Å². The lowest BCUT2D eigenvalue weighted by Crippen LogP contribution is -2.26. The van der Waals surface area contributed by atoms with Crippen molar-refractivity contribution < 1.29 is 9.47 Å². The Morgan fingerprint density at radius 1 is 0.515 bits per heavy atom. The third-order valence-corrected chi connectivity index (χ3v) is 6.37. The van der Waals surface area contributed by atoms with E-state index in [-0.39, 0.29) is 12.1 Å². The standard InChI is InChI=1S/C29H28N2O2/c1-32-26-17-13-22(14-18-26)28-29(23-15-19-27(33-2)20-16-23)31(25-11-7-4-8-12-25)21-30(28)24-9-5-3-6-10-24/h3-20,28-29H,21H2,1-2H3/t28-,29+. The Kier molecular flexibility index (Phi) is 5.90. The predicted octanol–water partition coefficient (Wildman–Crippen LogP) is 6.47. The van der Waals surface area contributed by atoms with Crippen LogP contribution in [0.5, 0.6) is 11.5 Å². The molecule has 33 heavy (non-hydrogen) atoms. The number of nitrogens with zero attached hydrogens (tertiary/aromatic N) is 2. The Bertz CT molecular complexity index is 1070. The van der Waals surface area contributed by atoms with E-state index in [1.807, 2.05) is 0 Å². The second kappa shape index (κ2) is 9.29. The highest BCUT2D eigenvalue weighted by molar-refractivity contribution is 5.61. The quantitative estimate of drug-likeness (QED) is 0.346. The molecule has 0 N–H and O–H groups in total. The summed E-state index contributed by atoms with van der Waals surface area (Å²) in [7, 11) is 3.41. The minimum Gasteiger partial charge on any atom is -0.497 e. The van der Waals surface area contributed by atoms with E-state index in [0.717, 1.165) is 18.2 Å². The first-order chi connectivity index (χ1) is 16.3. The fourth-order valence-corrected chi connectivity index (χ4v) is 4.73. The van der Waals surface area contributed by atoms with Crippen LogP contribution in [0.3, 0.4) is 0 Å². The molecule has 1 fully saturated rings. The molecule has 0 saturated carbocycles. The molecule has 4 nitrogen and oxygen atoms in total. The maximum absolute atomic E-state index is 5.43. The molecule has 0 unspecified atom stereocenters. The average Bonchev–Trinajstić information content (AvgIpc) is 3.30. The SMILES string of the molecule is COc1ccc([C@@H]2[C@H](c3ccc(OC)cc3)N(c3ccccc3)CN2c2ccccc2)cc1. The first-order valence-corrected chi connectivity index (χ1v) is 11.2. The van der Waals surface area contributed by atoms with Gasteiger partial charge in [0.15, 0.2) is 0 Å². The fraction of sp³-hybridized carbons (Fsp3) is 0.172. The van der Waals surface area contributed by atoms with Crippen molar-refractivity contribution in [3.8, 4) is 11.5 Å². The zero-order valence-electron chi connectivity index (χ0n) is 19.0. The highest BCUT2D eigenvalue weighted by Gasteiger charge is 2.42. The molecular formula is C29H28N2O2. The lowest BCUT2D eigenvalue weighted by molar-refractivity contribution is 0.414. The lowest BCUT2D eigenvalue weighted by Gasteiger charge is -2.31. The third kappa shape index (κ3) is 4.12. The monoisotopic (exact) mass is 436 g/mol. The maximum atomic E-state index is 5.43. The Morgan fingerprint density at radius 2 is 0.879 bits per heavy atom. The number of anilines is 2. The first-order valence-electron chi connectivity index (χ1n) is 11.2. The van der Waals surface area contributed by atoms with E-state index >= 15 is 0 Å². The van der Waals surface area contributed by atoms with Crippen molar-refractivity contribution in [1.82, 2.24) is 0 Å². The summed E-state index contributed by atoms with van der Waals surface area (Å²) in [6, 6.07) is 38.5. The van der Waals surface area contributed by atoms with Gasteiger partial charge in [-0.05, 0) is 59.7 Å². The van der Waals surface area contributed by atoms with Crippen molar-refractivity contribution in [2.24, 2.45) is 0 Å². The van der Waals surface area contributed by atoms with E-state index in [1.165, 1.54) is 22.5 Å². The molecule has 4 aromatic carbocycles. The summed E-state index contributed by atoms with van der Waals surface area (Å²) in [4.78, 5) is 4.98. The molecule has 1 heterocycles. The Labute approximate surface area is 195 Å². The zero-order chi connectivity index (χ0) is 22.6. The normalized spacial score (nSPS) is 17.8. The summed E-state index contributed by atoms with van der Waals surface area (Å²) >= 11 is 0. The molecular weight excluding hydrogens is 408 g/mol. The number of hydrogen-bond donors (Lipinski definition) is 0. The molecule has 1 saturated heterocycles. The zero-order valence-corrected chi connectivity index (χ0v) is 19.0. The average molecular weight is 437 g/mol. The third-order valence-electron chi connectivity index (χ3n) is 6.37. The van der Waals surface area contributed by atoms with Crippen LogP contribution in [0.1, 0.15) is 23.2 Å². The molecule has 0 aliphatic carbocycles. The number of rotatable bonds is 6. The van der Waals surface area contributed by atoms with Crippen LogP contribution in [0.2, 0.25) is 0 Å². The van der Waals surface area contributed by atoms with Gasteiger partial charge in [-0.2, -0.15) is 0 Å². The van der Waals surface area contributed by atoms with Crippen LogP contribution in [0.25, 0.3) is 0 Å². The highest BCUT2D eigenvalue weighted by atomic mass is 16.5. The molecule has 4 aromatic rings. The summed E-state index contributed by atoms with van der Waals surface area (Å²) in [5.74, 6) is 1.73. The Balaban J connectivity index is 1.67. The minimum atomic E-state index is 0.118. The Morgan fingerprint density at radius 3 is 1.21 bits per heavy atom. The molecule has 0 bridgehead atoms.